The third kappa shape index (κ3) is 2.74. The standard InChI is InChI=1S/C12H19N5/c1-9-12(10(2)16-15-9)8-13-6-4-11-5-7-14-17(11)3/h5,7,13H,4,6,8H2,1-3H3,(H,15,16). The van der Waals surface area contributed by atoms with E-state index in [1.165, 1.54) is 11.3 Å². The molecule has 0 aliphatic heterocycles. The van der Waals surface area contributed by atoms with Crippen molar-refractivity contribution >= 4 is 0 Å². The summed E-state index contributed by atoms with van der Waals surface area (Å²) in [6.07, 6.45) is 2.83. The molecule has 0 atom stereocenters. The molecule has 0 radical (unpaired) electrons. The Morgan fingerprint density at radius 3 is 2.82 bits per heavy atom. The van der Waals surface area contributed by atoms with Crippen LogP contribution in [0, 0.1) is 13.8 Å². The first-order chi connectivity index (χ1) is 8.18. The SMILES string of the molecule is Cc1n[nH]c(C)c1CNCCc1ccnn1C. The maximum atomic E-state index is 4.18. The van der Waals surface area contributed by atoms with E-state index in [9.17, 15) is 0 Å². The molecule has 0 spiro atoms. The first kappa shape index (κ1) is 11.9. The molecule has 5 heteroatoms. The van der Waals surface area contributed by atoms with E-state index in [-0.39, 0.29) is 0 Å². The van der Waals surface area contributed by atoms with Crippen LogP contribution in [0.5, 0.6) is 0 Å². The molecule has 0 bridgehead atoms. The smallest absolute Gasteiger partial charge is 0.0638 e. The lowest BCUT2D eigenvalue weighted by Gasteiger charge is -2.05. The Morgan fingerprint density at radius 1 is 1.41 bits per heavy atom. The molecule has 0 aliphatic carbocycles. The summed E-state index contributed by atoms with van der Waals surface area (Å²) < 4.78 is 1.91. The van der Waals surface area contributed by atoms with Crippen molar-refractivity contribution in [2.24, 2.45) is 7.05 Å². The highest BCUT2D eigenvalue weighted by Crippen LogP contribution is 2.08. The monoisotopic (exact) mass is 233 g/mol. The largest absolute Gasteiger partial charge is 0.312 e. The number of aromatic amines is 1. The van der Waals surface area contributed by atoms with E-state index in [0.717, 1.165) is 30.9 Å². The van der Waals surface area contributed by atoms with Crippen molar-refractivity contribution in [2.45, 2.75) is 26.8 Å². The van der Waals surface area contributed by atoms with E-state index in [1.54, 1.807) is 0 Å². The van der Waals surface area contributed by atoms with Crippen molar-refractivity contribution in [2.75, 3.05) is 6.54 Å². The van der Waals surface area contributed by atoms with Gasteiger partial charge in [0, 0.05) is 49.7 Å². The van der Waals surface area contributed by atoms with Crippen LogP contribution < -0.4 is 5.32 Å². The predicted octanol–water partition coefficient (Wildman–Crippen LogP) is 1.09. The van der Waals surface area contributed by atoms with Crippen molar-refractivity contribution in [1.29, 1.82) is 0 Å². The fraction of sp³-hybridized carbons (Fsp3) is 0.500. The third-order valence-corrected chi connectivity index (χ3v) is 3.06. The normalized spacial score (nSPS) is 11.0. The minimum Gasteiger partial charge on any atom is -0.312 e. The molecule has 2 aromatic rings. The summed E-state index contributed by atoms with van der Waals surface area (Å²) in [5.74, 6) is 0. The minimum atomic E-state index is 0.867. The van der Waals surface area contributed by atoms with Crippen molar-refractivity contribution in [3.63, 3.8) is 0 Å². The van der Waals surface area contributed by atoms with Crippen LogP contribution in [0.2, 0.25) is 0 Å². The van der Waals surface area contributed by atoms with Gasteiger partial charge in [-0.2, -0.15) is 10.2 Å². The lowest BCUT2D eigenvalue weighted by atomic mass is 10.2. The fourth-order valence-corrected chi connectivity index (χ4v) is 1.91. The second-order valence-electron chi connectivity index (χ2n) is 4.29. The van der Waals surface area contributed by atoms with Gasteiger partial charge in [0.25, 0.3) is 0 Å². The number of H-pyrrole nitrogens is 1. The topological polar surface area (TPSA) is 58.5 Å². The van der Waals surface area contributed by atoms with Crippen LogP contribution in [0.1, 0.15) is 22.6 Å². The van der Waals surface area contributed by atoms with Crippen LogP contribution in [0.4, 0.5) is 0 Å². The average molecular weight is 233 g/mol. The molecule has 2 aromatic heterocycles. The van der Waals surface area contributed by atoms with Crippen LogP contribution in [0.25, 0.3) is 0 Å². The molecule has 0 saturated heterocycles. The second-order valence-corrected chi connectivity index (χ2v) is 4.29. The molecule has 2 heterocycles. The minimum absolute atomic E-state index is 0.867. The number of nitrogens with one attached hydrogen (secondary N) is 2. The quantitative estimate of drug-likeness (QED) is 0.760. The molecule has 2 rings (SSSR count). The molecule has 92 valence electrons. The molecular weight excluding hydrogens is 214 g/mol. The number of nitrogens with zero attached hydrogens (tertiary/aromatic N) is 3. The van der Waals surface area contributed by atoms with Gasteiger partial charge in [0.1, 0.15) is 0 Å². The van der Waals surface area contributed by atoms with E-state index in [1.807, 2.05) is 24.9 Å². The molecule has 5 nitrogen and oxygen atoms in total. The lowest BCUT2D eigenvalue weighted by Crippen LogP contribution is -2.18. The molecule has 0 amide bonds. The Labute approximate surface area is 101 Å². The first-order valence-electron chi connectivity index (χ1n) is 5.86. The highest BCUT2D eigenvalue weighted by Gasteiger charge is 2.05. The van der Waals surface area contributed by atoms with Crippen molar-refractivity contribution in [3.8, 4) is 0 Å². The first-order valence-corrected chi connectivity index (χ1v) is 5.86. The van der Waals surface area contributed by atoms with Gasteiger partial charge >= 0.3 is 0 Å². The molecule has 2 N–H and O–H groups in total. The van der Waals surface area contributed by atoms with Crippen LogP contribution in [0.15, 0.2) is 12.3 Å². The fourth-order valence-electron chi connectivity index (χ4n) is 1.91. The summed E-state index contributed by atoms with van der Waals surface area (Å²) in [7, 11) is 1.97. The van der Waals surface area contributed by atoms with Gasteiger partial charge in [-0.3, -0.25) is 9.78 Å². The van der Waals surface area contributed by atoms with Crippen LogP contribution in [-0.4, -0.2) is 26.5 Å². The van der Waals surface area contributed by atoms with Gasteiger partial charge in [-0.25, -0.2) is 0 Å². The maximum absolute atomic E-state index is 4.18. The van der Waals surface area contributed by atoms with Crippen LogP contribution in [0.3, 0.4) is 0 Å². The van der Waals surface area contributed by atoms with E-state index in [4.69, 9.17) is 0 Å². The Hall–Kier alpha value is -1.62. The molecule has 0 fully saturated rings. The van der Waals surface area contributed by atoms with Gasteiger partial charge in [0.15, 0.2) is 0 Å². The highest BCUT2D eigenvalue weighted by molar-refractivity contribution is 5.22. The zero-order valence-corrected chi connectivity index (χ0v) is 10.6. The highest BCUT2D eigenvalue weighted by atomic mass is 15.3. The summed E-state index contributed by atoms with van der Waals surface area (Å²) in [4.78, 5) is 0. The van der Waals surface area contributed by atoms with Gasteiger partial charge in [0.2, 0.25) is 0 Å². The number of hydrogen-bond donors (Lipinski definition) is 2. The zero-order valence-electron chi connectivity index (χ0n) is 10.6. The molecule has 17 heavy (non-hydrogen) atoms. The van der Waals surface area contributed by atoms with E-state index in [0.29, 0.717) is 0 Å². The van der Waals surface area contributed by atoms with E-state index >= 15 is 0 Å². The van der Waals surface area contributed by atoms with Crippen LogP contribution in [-0.2, 0) is 20.0 Å². The van der Waals surface area contributed by atoms with Gasteiger partial charge < -0.3 is 5.32 Å². The number of aryl methyl sites for hydroxylation is 3. The van der Waals surface area contributed by atoms with Crippen molar-refractivity contribution in [1.82, 2.24) is 25.3 Å². The maximum Gasteiger partial charge on any atom is 0.0638 e. The summed E-state index contributed by atoms with van der Waals surface area (Å²) in [5.41, 5.74) is 4.75. The predicted molar refractivity (Wildman–Crippen MR) is 66.7 cm³/mol. The average Bonchev–Trinajstić information content (AvgIpc) is 2.84. The number of aromatic nitrogens is 4. The summed E-state index contributed by atoms with van der Waals surface area (Å²) >= 11 is 0. The molecule has 0 aliphatic rings. The molecule has 0 unspecified atom stereocenters. The van der Waals surface area contributed by atoms with Gasteiger partial charge in [-0.05, 0) is 19.9 Å². The Kier molecular flexibility index (Phi) is 3.58. The van der Waals surface area contributed by atoms with E-state index < -0.39 is 0 Å². The Balaban J connectivity index is 1.79. The van der Waals surface area contributed by atoms with Crippen molar-refractivity contribution < 1.29 is 0 Å². The Bertz CT molecular complexity index is 463. The van der Waals surface area contributed by atoms with E-state index in [2.05, 4.69) is 33.6 Å². The lowest BCUT2D eigenvalue weighted by molar-refractivity contribution is 0.641. The van der Waals surface area contributed by atoms with Gasteiger partial charge in [0.05, 0.1) is 5.69 Å². The van der Waals surface area contributed by atoms with Crippen LogP contribution >= 0.6 is 0 Å². The Morgan fingerprint density at radius 2 is 2.24 bits per heavy atom. The molecule has 0 aromatic carbocycles. The summed E-state index contributed by atoms with van der Waals surface area (Å²) in [6, 6.07) is 2.05. The van der Waals surface area contributed by atoms with Gasteiger partial charge in [-0.1, -0.05) is 0 Å². The summed E-state index contributed by atoms with van der Waals surface area (Å²) in [5, 5.41) is 14.8. The van der Waals surface area contributed by atoms with Crippen molar-refractivity contribution in [3.05, 3.63) is 34.9 Å². The molecular formula is C12H19N5. The summed E-state index contributed by atoms with van der Waals surface area (Å²) in [6.45, 7) is 5.90. The third-order valence-electron chi connectivity index (χ3n) is 3.06. The molecule has 0 saturated carbocycles. The number of rotatable bonds is 5. The zero-order chi connectivity index (χ0) is 12.3. The van der Waals surface area contributed by atoms with Gasteiger partial charge in [-0.15, -0.1) is 0 Å². The second kappa shape index (κ2) is 5.14. The number of hydrogen-bond acceptors (Lipinski definition) is 3.